The number of hydrogen-bond acceptors (Lipinski definition) is 10. The number of benzene rings is 1. The molecule has 188 valence electrons. The van der Waals surface area contributed by atoms with Crippen LogP contribution in [0.3, 0.4) is 0 Å². The van der Waals surface area contributed by atoms with Gasteiger partial charge in [-0.3, -0.25) is 19.6 Å². The van der Waals surface area contributed by atoms with Gasteiger partial charge in [-0.05, 0) is 19.1 Å². The van der Waals surface area contributed by atoms with E-state index < -0.39 is 27.8 Å². The van der Waals surface area contributed by atoms with Crippen molar-refractivity contribution in [1.29, 1.82) is 0 Å². The van der Waals surface area contributed by atoms with Crippen LogP contribution in [-0.4, -0.2) is 45.2 Å². The molecule has 36 heavy (non-hydrogen) atoms. The van der Waals surface area contributed by atoms with Crippen LogP contribution in [0.5, 0.6) is 5.75 Å². The first-order valence-corrected chi connectivity index (χ1v) is 11.6. The summed E-state index contributed by atoms with van der Waals surface area (Å²) in [6, 6.07) is 3.83. The molecule has 0 spiro atoms. The Hall–Kier alpha value is -4.60. The van der Waals surface area contributed by atoms with E-state index in [1.165, 1.54) is 49.2 Å². The number of carbonyl (C=O) groups is 1. The number of nitrogens with one attached hydrogen (secondary N) is 3. The molecule has 3 heterocycles. The monoisotopic (exact) mass is 520 g/mol. The van der Waals surface area contributed by atoms with E-state index in [1.807, 2.05) is 0 Å². The third kappa shape index (κ3) is 5.22. The first-order valence-electron chi connectivity index (χ1n) is 10.1. The molecule has 4 rings (SSSR count). The lowest BCUT2D eigenvalue weighted by Crippen LogP contribution is -2.21. The molecular weight excluding hydrogens is 502 g/mol. The number of amides is 1. The Balaban J connectivity index is 1.75. The molecule has 0 aliphatic carbocycles. The van der Waals surface area contributed by atoms with Crippen molar-refractivity contribution in [3.63, 3.8) is 0 Å². The zero-order chi connectivity index (χ0) is 25.9. The van der Waals surface area contributed by atoms with Crippen molar-refractivity contribution in [3.8, 4) is 17.0 Å². The van der Waals surface area contributed by atoms with Gasteiger partial charge in [-0.15, -0.1) is 0 Å². The number of aromatic nitrogens is 5. The highest BCUT2D eigenvalue weighted by atomic mass is 32.2. The van der Waals surface area contributed by atoms with Gasteiger partial charge in [-0.25, -0.2) is 18.4 Å². The minimum Gasteiger partial charge on any atom is -0.479 e. The van der Waals surface area contributed by atoms with Crippen LogP contribution in [0.4, 0.5) is 26.1 Å². The molecule has 16 heteroatoms. The lowest BCUT2D eigenvalue weighted by atomic mass is 10.1. The molecule has 0 bridgehead atoms. The van der Waals surface area contributed by atoms with E-state index in [1.54, 1.807) is 11.6 Å². The highest BCUT2D eigenvalue weighted by Gasteiger charge is 2.27. The van der Waals surface area contributed by atoms with E-state index in [9.17, 15) is 22.0 Å². The lowest BCUT2D eigenvalue weighted by molar-refractivity contribution is 0.100. The average Bonchev–Trinajstić information content (AvgIpc) is 3.51. The molecule has 5 N–H and O–H groups in total. The fraction of sp³-hybridized carbons (Fsp3) is 0.150. The van der Waals surface area contributed by atoms with Crippen molar-refractivity contribution in [2.24, 2.45) is 5.73 Å². The van der Waals surface area contributed by atoms with Gasteiger partial charge in [0.15, 0.2) is 6.10 Å². The predicted molar refractivity (Wildman–Crippen MR) is 122 cm³/mol. The number of nitrogens with zero attached hydrogens (tertiary/aromatic N) is 4. The third-order valence-electron chi connectivity index (χ3n) is 4.67. The summed E-state index contributed by atoms with van der Waals surface area (Å²) in [5.41, 5.74) is 5.57. The maximum atomic E-state index is 13.0. The summed E-state index contributed by atoms with van der Waals surface area (Å²) in [5, 5.41) is 9.62. The number of ether oxygens (including phenoxy) is 1. The summed E-state index contributed by atoms with van der Waals surface area (Å²) in [6.45, 7) is 1.55. The Kier molecular flexibility index (Phi) is 6.77. The summed E-state index contributed by atoms with van der Waals surface area (Å²) >= 11 is 0. The summed E-state index contributed by atoms with van der Waals surface area (Å²) in [4.78, 5) is 24.2. The molecule has 0 aliphatic rings. The van der Waals surface area contributed by atoms with Crippen molar-refractivity contribution < 1.29 is 31.1 Å². The number of anilines is 3. The smallest absolute Gasteiger partial charge is 0.355 e. The number of carbonyl (C=O) groups excluding carboxylic acids is 1. The Bertz CT molecular complexity index is 1460. The number of alkyl halides is 2. The summed E-state index contributed by atoms with van der Waals surface area (Å²) in [5.74, 6) is -4.12. The number of aromatic amines is 1. The lowest BCUT2D eigenvalue weighted by Gasteiger charge is -2.17. The number of nitrogens with two attached hydrogens (primary N) is 1. The van der Waals surface area contributed by atoms with E-state index in [0.29, 0.717) is 5.82 Å². The first kappa shape index (κ1) is 24.5. The van der Waals surface area contributed by atoms with Crippen molar-refractivity contribution in [3.05, 3.63) is 60.7 Å². The van der Waals surface area contributed by atoms with Crippen LogP contribution in [0.1, 0.15) is 29.3 Å². The molecule has 0 unspecified atom stereocenters. The highest BCUT2D eigenvalue weighted by molar-refractivity contribution is 7.93. The number of hydrogen-bond donors (Lipinski definition) is 4. The topological polar surface area (TPSA) is 191 Å². The van der Waals surface area contributed by atoms with Crippen molar-refractivity contribution in [2.75, 3.05) is 10.0 Å². The maximum Gasteiger partial charge on any atom is 0.355 e. The standard InChI is InChI=1S/C20H18F2N8O5S/c1-10(19-26-6-7-34-19)35-13-8-11(2-3-12(13)30-36(32,33)20(21)22)16-15(17(23)31)18(29-28-16)27-14-9-24-4-5-25-14/h2-10,20,30H,1H3,(H2,23,31)(H2,25,27,28,29)/t10-/m1/s1. The molecule has 1 aromatic carbocycles. The van der Waals surface area contributed by atoms with Crippen molar-refractivity contribution in [2.45, 2.75) is 18.8 Å². The van der Waals surface area contributed by atoms with Gasteiger partial charge < -0.3 is 20.2 Å². The fourth-order valence-corrected chi connectivity index (χ4v) is 3.66. The number of H-pyrrole nitrogens is 1. The second kappa shape index (κ2) is 9.95. The fourth-order valence-electron chi connectivity index (χ4n) is 3.10. The molecule has 3 aromatic heterocycles. The Morgan fingerprint density at radius 1 is 1.22 bits per heavy atom. The molecule has 13 nitrogen and oxygen atoms in total. The minimum atomic E-state index is -5.01. The van der Waals surface area contributed by atoms with E-state index in [2.05, 4.69) is 30.5 Å². The van der Waals surface area contributed by atoms with Gasteiger partial charge in [0, 0.05) is 18.0 Å². The normalized spacial score (nSPS) is 12.3. The van der Waals surface area contributed by atoms with Gasteiger partial charge in [0.1, 0.15) is 34.9 Å². The molecular formula is C20H18F2N8O5S. The minimum absolute atomic E-state index is 0.0479. The number of sulfonamides is 1. The zero-order valence-corrected chi connectivity index (χ0v) is 19.2. The maximum absolute atomic E-state index is 13.0. The van der Waals surface area contributed by atoms with Crippen LogP contribution in [0.2, 0.25) is 0 Å². The Morgan fingerprint density at radius 2 is 2.03 bits per heavy atom. The third-order valence-corrected chi connectivity index (χ3v) is 5.65. The van der Waals surface area contributed by atoms with Crippen LogP contribution in [0, 0.1) is 0 Å². The van der Waals surface area contributed by atoms with Gasteiger partial charge in [0.05, 0.1) is 18.1 Å². The Morgan fingerprint density at radius 3 is 2.67 bits per heavy atom. The second-order valence-electron chi connectivity index (χ2n) is 7.15. The van der Waals surface area contributed by atoms with Crippen LogP contribution in [0.15, 0.2) is 53.7 Å². The largest absolute Gasteiger partial charge is 0.479 e. The summed E-state index contributed by atoms with van der Waals surface area (Å²) < 4.78 is 62.3. The van der Waals surface area contributed by atoms with E-state index in [4.69, 9.17) is 14.9 Å². The molecule has 0 saturated carbocycles. The van der Waals surface area contributed by atoms with Gasteiger partial charge >= 0.3 is 5.76 Å². The number of oxazole rings is 1. The predicted octanol–water partition coefficient (Wildman–Crippen LogP) is 2.80. The van der Waals surface area contributed by atoms with Gasteiger partial charge in [0.25, 0.3) is 15.9 Å². The molecule has 4 aromatic rings. The second-order valence-corrected chi connectivity index (χ2v) is 8.80. The van der Waals surface area contributed by atoms with Crippen LogP contribution >= 0.6 is 0 Å². The van der Waals surface area contributed by atoms with Crippen LogP contribution in [0.25, 0.3) is 11.3 Å². The molecule has 1 amide bonds. The zero-order valence-electron chi connectivity index (χ0n) is 18.3. The van der Waals surface area contributed by atoms with Crippen LogP contribution < -0.4 is 20.5 Å². The SMILES string of the molecule is C[C@@H](Oc1cc(-c2n[nH]c(Nc3cnccn3)c2C(N)=O)ccc1NS(=O)(=O)C(F)F)c1ncco1. The average molecular weight is 520 g/mol. The van der Waals surface area contributed by atoms with Gasteiger partial charge in [0.2, 0.25) is 5.89 Å². The van der Waals surface area contributed by atoms with Crippen molar-refractivity contribution >= 4 is 33.3 Å². The number of primary amides is 1. The highest BCUT2D eigenvalue weighted by Crippen LogP contribution is 2.36. The van der Waals surface area contributed by atoms with Gasteiger partial charge in [-0.2, -0.15) is 13.9 Å². The van der Waals surface area contributed by atoms with Crippen molar-refractivity contribution in [1.82, 2.24) is 25.1 Å². The molecule has 1 atom stereocenters. The Labute approximate surface area is 202 Å². The van der Waals surface area contributed by atoms with E-state index in [-0.39, 0.29) is 40.0 Å². The summed E-state index contributed by atoms with van der Waals surface area (Å²) in [7, 11) is -5.01. The first-order chi connectivity index (χ1) is 17.2. The number of halogens is 2. The molecule has 0 saturated heterocycles. The van der Waals surface area contributed by atoms with E-state index >= 15 is 0 Å². The van der Waals surface area contributed by atoms with E-state index in [0.717, 1.165) is 0 Å². The summed E-state index contributed by atoms with van der Waals surface area (Å²) in [6.07, 6.45) is 6.14. The van der Waals surface area contributed by atoms with Gasteiger partial charge in [-0.1, -0.05) is 6.07 Å². The number of rotatable bonds is 10. The molecule has 0 fully saturated rings. The quantitative estimate of drug-likeness (QED) is 0.242. The molecule has 0 radical (unpaired) electrons. The molecule has 0 aliphatic heterocycles. The van der Waals surface area contributed by atoms with Crippen LogP contribution in [-0.2, 0) is 10.0 Å².